The van der Waals surface area contributed by atoms with Crippen molar-refractivity contribution < 1.29 is 14.3 Å². The molecule has 0 amide bonds. The van der Waals surface area contributed by atoms with E-state index in [2.05, 4.69) is 71.3 Å². The van der Waals surface area contributed by atoms with Crippen molar-refractivity contribution in [1.82, 2.24) is 10.9 Å². The van der Waals surface area contributed by atoms with Gasteiger partial charge < -0.3 is 20.5 Å². The molecule has 50 heavy (non-hydrogen) atoms. The lowest BCUT2D eigenvalue weighted by molar-refractivity contribution is -0.138. The van der Waals surface area contributed by atoms with E-state index in [-0.39, 0.29) is 18.1 Å². The molecule has 1 saturated carbocycles. The fraction of sp³-hybridized carbons (Fsp3) is 0.810. The summed E-state index contributed by atoms with van der Waals surface area (Å²) in [5.74, 6) is 11.9. The molecule has 0 bridgehead atoms. The van der Waals surface area contributed by atoms with E-state index in [1.807, 2.05) is 6.92 Å². The molecule has 2 fully saturated rings. The summed E-state index contributed by atoms with van der Waals surface area (Å²) in [6.07, 6.45) is 19.7. The Morgan fingerprint density at radius 1 is 0.940 bits per heavy atom. The number of rotatable bonds is 16. The van der Waals surface area contributed by atoms with E-state index in [0.29, 0.717) is 29.3 Å². The normalized spacial score (nSPS) is 24.6. The molecule has 8 nitrogen and oxygen atoms in total. The quantitative estimate of drug-likeness (QED) is 0.0339. The number of hydrazone groups is 1. The molecule has 2 heterocycles. The van der Waals surface area contributed by atoms with Gasteiger partial charge in [-0.25, -0.2) is 16.2 Å². The van der Waals surface area contributed by atoms with Gasteiger partial charge in [0, 0.05) is 12.0 Å². The average Bonchev–Trinajstić information content (AvgIpc) is 3.08. The summed E-state index contributed by atoms with van der Waals surface area (Å²) in [5.41, 5.74) is 12.4. The molecule has 0 aromatic heterocycles. The van der Waals surface area contributed by atoms with Gasteiger partial charge in [-0.2, -0.15) is 5.10 Å². The van der Waals surface area contributed by atoms with Crippen molar-refractivity contribution in [3.05, 3.63) is 22.3 Å². The minimum atomic E-state index is -0.264. The van der Waals surface area contributed by atoms with Crippen molar-refractivity contribution in [3.63, 3.8) is 0 Å². The van der Waals surface area contributed by atoms with E-state index in [0.717, 1.165) is 85.3 Å². The molecule has 7 unspecified atom stereocenters. The van der Waals surface area contributed by atoms with E-state index >= 15 is 0 Å². The molecule has 1 saturated heterocycles. The maximum Gasteiger partial charge on any atom is 0.328 e. The maximum absolute atomic E-state index is 13.3. The smallest absolute Gasteiger partial charge is 0.328 e. The van der Waals surface area contributed by atoms with Gasteiger partial charge in [0.1, 0.15) is 23.4 Å². The summed E-state index contributed by atoms with van der Waals surface area (Å²) in [4.78, 5) is 13.3. The second-order valence-corrected chi connectivity index (χ2v) is 16.8. The zero-order valence-corrected chi connectivity index (χ0v) is 33.5. The summed E-state index contributed by atoms with van der Waals surface area (Å²) in [7, 11) is 0. The molecular formula is C42H75N5O3. The van der Waals surface area contributed by atoms with Crippen LogP contribution in [0, 0.1) is 56.3 Å². The van der Waals surface area contributed by atoms with Crippen LogP contribution in [0.15, 0.2) is 5.10 Å². The lowest BCUT2D eigenvalue weighted by Gasteiger charge is -2.42. The molecule has 6 N–H and O–H groups in total. The Kier molecular flexibility index (Phi) is 17.9. The molecule has 0 spiro atoms. The number of esters is 1. The molecule has 1 aliphatic carbocycles. The summed E-state index contributed by atoms with van der Waals surface area (Å²) in [5, 5.41) is 7.34. The Balaban J connectivity index is 0.000000358. The molecule has 1 aromatic rings. The number of carbonyl (C=O) groups is 1. The Hall–Kier alpha value is -2.32. The van der Waals surface area contributed by atoms with Gasteiger partial charge in [-0.05, 0) is 125 Å². The number of hydrazine groups is 1. The second kappa shape index (κ2) is 21.3. The maximum atomic E-state index is 13.3. The van der Waals surface area contributed by atoms with Crippen LogP contribution in [-0.2, 0) is 11.2 Å². The van der Waals surface area contributed by atoms with Crippen LogP contribution in [0.1, 0.15) is 160 Å². The van der Waals surface area contributed by atoms with Crippen LogP contribution in [0.2, 0.25) is 0 Å². The summed E-state index contributed by atoms with van der Waals surface area (Å²) < 4.78 is 12.2. The van der Waals surface area contributed by atoms with Crippen LogP contribution in [0.25, 0.3) is 0 Å². The minimum Gasteiger partial charge on any atom is -0.490 e. The fourth-order valence-corrected chi connectivity index (χ4v) is 8.61. The first-order valence-electron chi connectivity index (χ1n) is 20.4. The first kappa shape index (κ1) is 42.1. The van der Waals surface area contributed by atoms with E-state index in [1.54, 1.807) is 0 Å². The number of nitrogens with one attached hydrogen (secondary N) is 2. The lowest BCUT2D eigenvalue weighted by Crippen LogP contribution is -2.51. The predicted molar refractivity (Wildman–Crippen MR) is 209 cm³/mol. The fourth-order valence-electron chi connectivity index (χ4n) is 8.61. The van der Waals surface area contributed by atoms with E-state index in [9.17, 15) is 4.79 Å². The highest BCUT2D eigenvalue weighted by Gasteiger charge is 2.39. The first-order chi connectivity index (χ1) is 23.8. The number of benzene rings is 1. The SMILES string of the molecule is CCCC(C)CCCC(C)CCCC(C)C.Cc1c(C)c2c(c(C)c1OC(=O)C1CC3CC(CC/C(N)=N/NN)CCC3CN1)CCC(C)O2. The Morgan fingerprint density at radius 3 is 2.28 bits per heavy atom. The van der Waals surface area contributed by atoms with Crippen LogP contribution in [0.3, 0.4) is 0 Å². The zero-order chi connectivity index (χ0) is 36.8. The number of amidine groups is 1. The standard InChI is InChI=1S/C26H41N5O3.C16H34/c1-14-5-9-21-17(4)24(15(2)16(3)25(21)33-14)34-26(32)22-12-20-11-18(6-8-19(20)13-29-22)7-10-23(27)30-31-28;1-6-9-15(4)12-8-13-16(5)11-7-10-14(2)3/h14,18-20,22,29,31H,5-13,28H2,1-4H3,(H2,27,30);14-16H,6-13H2,1-5H3. The number of ether oxygens (including phenoxy) is 2. The van der Waals surface area contributed by atoms with E-state index in [4.69, 9.17) is 21.1 Å². The van der Waals surface area contributed by atoms with Gasteiger partial charge in [-0.15, -0.1) is 0 Å². The van der Waals surface area contributed by atoms with Crippen LogP contribution in [0.4, 0.5) is 0 Å². The molecule has 8 heteroatoms. The highest BCUT2D eigenvalue weighted by atomic mass is 16.5. The molecule has 4 rings (SSSR count). The van der Waals surface area contributed by atoms with Crippen molar-refractivity contribution in [2.24, 2.45) is 52.2 Å². The summed E-state index contributed by atoms with van der Waals surface area (Å²) >= 11 is 0. The molecule has 2 aliphatic heterocycles. The molecule has 3 aliphatic rings. The zero-order valence-electron chi connectivity index (χ0n) is 33.5. The number of hydrogen-bond donors (Lipinski definition) is 4. The van der Waals surface area contributed by atoms with Crippen molar-refractivity contribution >= 4 is 11.8 Å². The van der Waals surface area contributed by atoms with Gasteiger partial charge in [0.05, 0.1) is 6.10 Å². The summed E-state index contributed by atoms with van der Waals surface area (Å²) in [6, 6.07) is -0.264. The second-order valence-electron chi connectivity index (χ2n) is 16.8. The van der Waals surface area contributed by atoms with Gasteiger partial charge in [0.15, 0.2) is 0 Å². The number of nitrogens with two attached hydrogens (primary N) is 2. The van der Waals surface area contributed by atoms with Gasteiger partial charge in [0.2, 0.25) is 0 Å². The average molecular weight is 698 g/mol. The third-order valence-electron chi connectivity index (χ3n) is 12.0. The number of hydrogen-bond acceptors (Lipinski definition) is 7. The van der Waals surface area contributed by atoms with E-state index < -0.39 is 0 Å². The molecule has 0 radical (unpaired) electrons. The van der Waals surface area contributed by atoms with Gasteiger partial charge in [0.25, 0.3) is 0 Å². The highest BCUT2D eigenvalue weighted by Crippen LogP contribution is 2.43. The monoisotopic (exact) mass is 698 g/mol. The van der Waals surface area contributed by atoms with E-state index in [1.165, 1.54) is 69.8 Å². The van der Waals surface area contributed by atoms with Crippen LogP contribution in [-0.4, -0.2) is 30.5 Å². The number of nitrogens with zero attached hydrogens (tertiary/aromatic N) is 1. The minimum absolute atomic E-state index is 0.165. The number of carbonyl (C=O) groups excluding carboxylic acids is 1. The first-order valence-corrected chi connectivity index (χ1v) is 20.4. The summed E-state index contributed by atoms with van der Waals surface area (Å²) in [6.45, 7) is 20.9. The Morgan fingerprint density at radius 2 is 1.62 bits per heavy atom. The number of piperidine rings is 1. The van der Waals surface area contributed by atoms with Crippen molar-refractivity contribution in [1.29, 1.82) is 0 Å². The van der Waals surface area contributed by atoms with Crippen molar-refractivity contribution in [2.45, 2.75) is 177 Å². The Labute approximate surface area is 306 Å². The largest absolute Gasteiger partial charge is 0.490 e. The molecule has 7 atom stereocenters. The van der Waals surface area contributed by atoms with Gasteiger partial charge >= 0.3 is 5.97 Å². The third-order valence-corrected chi connectivity index (χ3v) is 12.0. The van der Waals surface area contributed by atoms with Crippen LogP contribution >= 0.6 is 0 Å². The molecule has 1 aromatic carbocycles. The number of fused-ring (bicyclic) bond motifs is 2. The predicted octanol–water partition coefficient (Wildman–Crippen LogP) is 9.20. The molecular weight excluding hydrogens is 622 g/mol. The Bertz CT molecular complexity index is 1220. The topological polar surface area (TPSA) is 124 Å². The third kappa shape index (κ3) is 13.0. The van der Waals surface area contributed by atoms with Crippen molar-refractivity contribution in [2.75, 3.05) is 6.54 Å². The highest BCUT2D eigenvalue weighted by molar-refractivity contribution is 5.80. The van der Waals surface area contributed by atoms with Gasteiger partial charge in [-0.3, -0.25) is 0 Å². The van der Waals surface area contributed by atoms with Crippen molar-refractivity contribution in [3.8, 4) is 11.5 Å². The van der Waals surface area contributed by atoms with Crippen LogP contribution in [0.5, 0.6) is 11.5 Å². The molecule has 286 valence electrons. The van der Waals surface area contributed by atoms with Crippen LogP contribution < -0.4 is 31.9 Å². The van der Waals surface area contributed by atoms with Gasteiger partial charge in [-0.1, -0.05) is 92.4 Å². The lowest BCUT2D eigenvalue weighted by atomic mass is 9.69.